The van der Waals surface area contributed by atoms with Gasteiger partial charge in [0.15, 0.2) is 0 Å². The van der Waals surface area contributed by atoms with Gasteiger partial charge in [-0.2, -0.15) is 0 Å². The van der Waals surface area contributed by atoms with Gasteiger partial charge in [-0.05, 0) is 30.3 Å². The quantitative estimate of drug-likeness (QED) is 0.931. The van der Waals surface area contributed by atoms with Gasteiger partial charge in [-0.15, -0.1) is 0 Å². The average molecular weight is 337 g/mol. The van der Waals surface area contributed by atoms with E-state index in [2.05, 4.69) is 0 Å². The third-order valence-electron chi connectivity index (χ3n) is 5.46. The van der Waals surface area contributed by atoms with Gasteiger partial charge < -0.3 is 15.5 Å². The number of anilines is 1. The van der Waals surface area contributed by atoms with Crippen LogP contribution in [0.1, 0.15) is 12.8 Å². The van der Waals surface area contributed by atoms with Crippen molar-refractivity contribution >= 4 is 28.3 Å². The monoisotopic (exact) mass is 337 g/mol. The number of benzene rings is 2. The maximum atomic E-state index is 12.8. The molecule has 2 aliphatic heterocycles. The minimum Gasteiger partial charge on any atom is -0.342 e. The molecule has 0 aromatic heterocycles. The molecule has 0 bridgehead atoms. The lowest BCUT2D eigenvalue weighted by Gasteiger charge is -2.22. The Morgan fingerprint density at radius 1 is 1.12 bits per heavy atom. The summed E-state index contributed by atoms with van der Waals surface area (Å²) in [7, 11) is 0. The van der Waals surface area contributed by atoms with Gasteiger partial charge in [0.25, 0.3) is 0 Å². The fraction of sp³-hybridized carbons (Fsp3) is 0.400. The normalized spacial score (nSPS) is 23.6. The molecule has 130 valence electrons. The van der Waals surface area contributed by atoms with E-state index in [1.165, 1.54) is 0 Å². The number of hydrogen-bond donors (Lipinski definition) is 1. The van der Waals surface area contributed by atoms with Gasteiger partial charge in [-0.1, -0.05) is 36.4 Å². The first-order valence-corrected chi connectivity index (χ1v) is 8.94. The number of likely N-dealkylation sites (tertiary alicyclic amines) is 1. The van der Waals surface area contributed by atoms with Crippen LogP contribution in [0.25, 0.3) is 10.8 Å². The van der Waals surface area contributed by atoms with E-state index >= 15 is 0 Å². The predicted molar refractivity (Wildman–Crippen MR) is 98.1 cm³/mol. The fourth-order valence-corrected chi connectivity index (χ4v) is 4.03. The third-order valence-corrected chi connectivity index (χ3v) is 5.46. The van der Waals surface area contributed by atoms with E-state index in [4.69, 9.17) is 5.73 Å². The fourth-order valence-electron chi connectivity index (χ4n) is 4.03. The summed E-state index contributed by atoms with van der Waals surface area (Å²) in [6.45, 7) is 2.58. The summed E-state index contributed by atoms with van der Waals surface area (Å²) in [4.78, 5) is 29.1. The highest BCUT2D eigenvalue weighted by atomic mass is 16.2. The first kappa shape index (κ1) is 16.1. The number of hydrogen-bond acceptors (Lipinski definition) is 3. The molecule has 4 rings (SSSR count). The van der Waals surface area contributed by atoms with Crippen LogP contribution in [-0.4, -0.2) is 42.9 Å². The number of rotatable bonds is 3. The van der Waals surface area contributed by atoms with E-state index in [-0.39, 0.29) is 17.7 Å². The summed E-state index contributed by atoms with van der Waals surface area (Å²) in [6, 6.07) is 14.0. The van der Waals surface area contributed by atoms with Crippen molar-refractivity contribution in [3.8, 4) is 0 Å². The molecule has 2 unspecified atom stereocenters. The zero-order valence-corrected chi connectivity index (χ0v) is 14.2. The Morgan fingerprint density at radius 3 is 2.72 bits per heavy atom. The molecule has 0 aliphatic carbocycles. The van der Waals surface area contributed by atoms with Crippen molar-refractivity contribution in [1.82, 2.24) is 4.90 Å². The maximum absolute atomic E-state index is 12.8. The Labute approximate surface area is 147 Å². The molecule has 0 radical (unpaired) electrons. The van der Waals surface area contributed by atoms with Gasteiger partial charge in [0.1, 0.15) is 0 Å². The number of nitrogens with zero attached hydrogens (tertiary/aromatic N) is 2. The lowest BCUT2D eigenvalue weighted by atomic mass is 10.1. The van der Waals surface area contributed by atoms with Crippen LogP contribution in [0.15, 0.2) is 42.5 Å². The molecular formula is C20H23N3O2. The Morgan fingerprint density at radius 2 is 1.92 bits per heavy atom. The van der Waals surface area contributed by atoms with E-state index in [9.17, 15) is 9.59 Å². The van der Waals surface area contributed by atoms with E-state index in [1.54, 1.807) is 4.90 Å². The summed E-state index contributed by atoms with van der Waals surface area (Å²) < 4.78 is 0. The highest BCUT2D eigenvalue weighted by molar-refractivity contribution is 6.07. The van der Waals surface area contributed by atoms with Crippen molar-refractivity contribution in [1.29, 1.82) is 0 Å². The van der Waals surface area contributed by atoms with E-state index in [1.807, 2.05) is 47.4 Å². The van der Waals surface area contributed by atoms with Crippen LogP contribution in [0, 0.1) is 11.8 Å². The second-order valence-corrected chi connectivity index (χ2v) is 7.08. The molecule has 2 amide bonds. The van der Waals surface area contributed by atoms with Crippen molar-refractivity contribution in [2.24, 2.45) is 17.6 Å². The molecule has 5 nitrogen and oxygen atoms in total. The van der Waals surface area contributed by atoms with Crippen molar-refractivity contribution in [3.63, 3.8) is 0 Å². The highest BCUT2D eigenvalue weighted by Crippen LogP contribution is 2.32. The van der Waals surface area contributed by atoms with E-state index < -0.39 is 0 Å². The van der Waals surface area contributed by atoms with Gasteiger partial charge in [0.2, 0.25) is 11.8 Å². The summed E-state index contributed by atoms with van der Waals surface area (Å²) in [5, 5.41) is 2.16. The average Bonchev–Trinajstić information content (AvgIpc) is 3.27. The molecule has 2 saturated heterocycles. The second-order valence-electron chi connectivity index (χ2n) is 7.08. The third kappa shape index (κ3) is 2.89. The maximum Gasteiger partial charge on any atom is 0.228 e. The van der Waals surface area contributed by atoms with Gasteiger partial charge in [-0.3, -0.25) is 9.59 Å². The van der Waals surface area contributed by atoms with E-state index in [0.717, 1.165) is 36.0 Å². The van der Waals surface area contributed by atoms with Crippen molar-refractivity contribution < 1.29 is 9.59 Å². The molecule has 25 heavy (non-hydrogen) atoms. The lowest BCUT2D eigenvalue weighted by Crippen LogP contribution is -2.36. The summed E-state index contributed by atoms with van der Waals surface area (Å²) in [5.41, 5.74) is 6.62. The molecular weight excluding hydrogens is 314 g/mol. The zero-order chi connectivity index (χ0) is 17.4. The Kier molecular flexibility index (Phi) is 4.17. The molecule has 2 aromatic rings. The largest absolute Gasteiger partial charge is 0.342 e. The number of nitrogens with two attached hydrogens (primary N) is 1. The number of carbonyl (C=O) groups is 2. The standard InChI is InChI=1S/C20H23N3O2/c21-11-14-8-9-22(12-14)20(25)16-10-19(24)23(13-16)18-7-3-5-15-4-1-2-6-17(15)18/h1-7,14,16H,8-13,21H2. The number of carbonyl (C=O) groups excluding carboxylic acids is 2. The molecule has 2 aliphatic rings. The molecule has 0 spiro atoms. The molecule has 0 saturated carbocycles. The van der Waals surface area contributed by atoms with Crippen molar-refractivity contribution in [3.05, 3.63) is 42.5 Å². The van der Waals surface area contributed by atoms with Crippen LogP contribution < -0.4 is 10.6 Å². The molecule has 2 N–H and O–H groups in total. The predicted octanol–water partition coefficient (Wildman–Crippen LogP) is 2.00. The molecule has 2 heterocycles. The van der Waals surface area contributed by atoms with Crippen LogP contribution >= 0.6 is 0 Å². The number of amides is 2. The summed E-state index contributed by atoms with van der Waals surface area (Å²) >= 11 is 0. The lowest BCUT2D eigenvalue weighted by molar-refractivity contribution is -0.134. The molecule has 2 atom stereocenters. The van der Waals surface area contributed by atoms with Crippen LogP contribution in [0.5, 0.6) is 0 Å². The van der Waals surface area contributed by atoms with Gasteiger partial charge in [-0.25, -0.2) is 0 Å². The molecule has 5 heteroatoms. The smallest absolute Gasteiger partial charge is 0.228 e. The topological polar surface area (TPSA) is 66.6 Å². The first-order chi connectivity index (χ1) is 12.2. The molecule has 2 fully saturated rings. The van der Waals surface area contributed by atoms with Crippen molar-refractivity contribution in [2.75, 3.05) is 31.1 Å². The van der Waals surface area contributed by atoms with Crippen LogP contribution in [0.2, 0.25) is 0 Å². The Bertz CT molecular complexity index is 814. The van der Waals surface area contributed by atoms with Gasteiger partial charge in [0.05, 0.1) is 11.6 Å². The van der Waals surface area contributed by atoms with Gasteiger partial charge in [0, 0.05) is 31.4 Å². The minimum absolute atomic E-state index is 0.0317. The SMILES string of the molecule is NCC1CCN(C(=O)C2CC(=O)N(c3cccc4ccccc34)C2)C1. The Hall–Kier alpha value is -2.40. The zero-order valence-electron chi connectivity index (χ0n) is 14.2. The first-order valence-electron chi connectivity index (χ1n) is 8.94. The minimum atomic E-state index is -0.247. The van der Waals surface area contributed by atoms with Crippen LogP contribution in [-0.2, 0) is 9.59 Å². The van der Waals surface area contributed by atoms with Crippen molar-refractivity contribution in [2.45, 2.75) is 12.8 Å². The van der Waals surface area contributed by atoms with E-state index in [0.29, 0.717) is 25.4 Å². The summed E-state index contributed by atoms with van der Waals surface area (Å²) in [5.74, 6) is 0.287. The summed E-state index contributed by atoms with van der Waals surface area (Å²) in [6.07, 6.45) is 1.27. The highest BCUT2D eigenvalue weighted by Gasteiger charge is 2.39. The molecule has 2 aromatic carbocycles. The van der Waals surface area contributed by atoms with Crippen LogP contribution in [0.4, 0.5) is 5.69 Å². The second kappa shape index (κ2) is 6.48. The van der Waals surface area contributed by atoms with Crippen LogP contribution in [0.3, 0.4) is 0 Å². The Balaban J connectivity index is 1.55. The number of fused-ring (bicyclic) bond motifs is 1. The van der Waals surface area contributed by atoms with Gasteiger partial charge >= 0.3 is 0 Å².